The highest BCUT2D eigenvalue weighted by molar-refractivity contribution is 7.23. The van der Waals surface area contributed by atoms with Gasteiger partial charge in [0.1, 0.15) is 41.7 Å². The fourth-order valence-corrected chi connectivity index (χ4v) is 7.36. The maximum atomic E-state index is 15.4. The lowest BCUT2D eigenvalue weighted by atomic mass is 9.93. The lowest BCUT2D eigenvalue weighted by Gasteiger charge is -2.28. The number of anilines is 2. The van der Waals surface area contributed by atoms with Gasteiger partial charge in [-0.25, -0.2) is 13.2 Å². The predicted octanol–water partition coefficient (Wildman–Crippen LogP) is 5.72. The standard InChI is InChI=1S/C32H29F6N7O2S/c1-4-26(46)45-12-23(35)25(13-45)44(3)30-19-8-21(32(36,37)38)18(17-5-6-22(34)28-27(17)20(10-39)29(40)48-28)9-24(19)41-31(42-30)47-14-16-7-15(33)11-43(16)2/h4-6,8-9,15-16,23,25H,1,7,11-14,40H2,2-3H3/t15-,16+,23-,25+/m1/s1. The van der Waals surface area contributed by atoms with E-state index >= 15 is 4.39 Å². The fourth-order valence-electron chi connectivity index (χ4n) is 6.41. The first-order valence-electron chi connectivity index (χ1n) is 14.8. The van der Waals surface area contributed by atoms with Crippen LogP contribution in [-0.4, -0.2) is 90.4 Å². The number of hydrogen-bond acceptors (Lipinski definition) is 9. The number of nitrogen functional groups attached to an aromatic ring is 1. The Morgan fingerprint density at radius 2 is 1.98 bits per heavy atom. The van der Waals surface area contributed by atoms with Crippen molar-refractivity contribution < 1.29 is 35.9 Å². The molecule has 2 aromatic carbocycles. The Labute approximate surface area is 274 Å². The zero-order chi connectivity index (χ0) is 34.7. The van der Waals surface area contributed by atoms with E-state index in [1.165, 1.54) is 16.8 Å². The Morgan fingerprint density at radius 1 is 1.23 bits per heavy atom. The molecular formula is C32H29F6N7O2S. The van der Waals surface area contributed by atoms with E-state index in [4.69, 9.17) is 10.5 Å². The van der Waals surface area contributed by atoms with Gasteiger partial charge in [0.25, 0.3) is 0 Å². The van der Waals surface area contributed by atoms with Gasteiger partial charge < -0.3 is 20.3 Å². The quantitative estimate of drug-likeness (QED) is 0.194. The maximum Gasteiger partial charge on any atom is 0.417 e. The number of aromatic nitrogens is 2. The number of nitriles is 1. The minimum atomic E-state index is -4.96. The van der Waals surface area contributed by atoms with Crippen molar-refractivity contribution in [2.75, 3.05) is 51.0 Å². The molecular weight excluding hydrogens is 660 g/mol. The van der Waals surface area contributed by atoms with E-state index in [2.05, 4.69) is 16.5 Å². The molecule has 2 fully saturated rings. The highest BCUT2D eigenvalue weighted by Gasteiger charge is 2.40. The van der Waals surface area contributed by atoms with E-state index in [9.17, 15) is 32.0 Å². The summed E-state index contributed by atoms with van der Waals surface area (Å²) < 4.78 is 94.6. The summed E-state index contributed by atoms with van der Waals surface area (Å²) in [6.45, 7) is 3.25. The highest BCUT2D eigenvalue weighted by atomic mass is 32.1. The molecule has 0 radical (unpaired) electrons. The summed E-state index contributed by atoms with van der Waals surface area (Å²) in [5, 5.41) is 9.55. The molecule has 252 valence electrons. The lowest BCUT2D eigenvalue weighted by Crippen LogP contribution is -2.40. The summed E-state index contributed by atoms with van der Waals surface area (Å²) in [4.78, 5) is 25.4. The normalized spacial score (nSPS) is 21.6. The number of ether oxygens (including phenoxy) is 1. The second kappa shape index (κ2) is 12.4. The number of thiophene rings is 1. The monoisotopic (exact) mass is 689 g/mol. The molecule has 6 rings (SSSR count). The van der Waals surface area contributed by atoms with E-state index in [1.807, 2.05) is 6.07 Å². The van der Waals surface area contributed by atoms with Gasteiger partial charge in [0, 0.05) is 37.0 Å². The Kier molecular flexibility index (Phi) is 8.63. The smallest absolute Gasteiger partial charge is 0.417 e. The zero-order valence-corrected chi connectivity index (χ0v) is 26.5. The largest absolute Gasteiger partial charge is 0.462 e. The van der Waals surface area contributed by atoms with Crippen molar-refractivity contribution in [2.45, 2.75) is 37.0 Å². The van der Waals surface area contributed by atoms with E-state index in [-0.39, 0.29) is 87.6 Å². The van der Waals surface area contributed by atoms with Crippen LogP contribution in [0.1, 0.15) is 17.5 Å². The van der Waals surface area contributed by atoms with Crippen LogP contribution in [0.3, 0.4) is 0 Å². The molecule has 4 atom stereocenters. The number of nitrogens with two attached hydrogens (primary N) is 1. The molecule has 0 bridgehead atoms. The molecule has 9 nitrogen and oxygen atoms in total. The summed E-state index contributed by atoms with van der Waals surface area (Å²) in [7, 11) is 3.17. The van der Waals surface area contributed by atoms with Crippen LogP contribution in [-0.2, 0) is 11.0 Å². The number of hydrogen-bond donors (Lipinski definition) is 1. The zero-order valence-electron chi connectivity index (χ0n) is 25.7. The van der Waals surface area contributed by atoms with Gasteiger partial charge in [-0.2, -0.15) is 28.4 Å². The highest BCUT2D eigenvalue weighted by Crippen LogP contribution is 2.46. The summed E-state index contributed by atoms with van der Waals surface area (Å²) in [6.07, 6.45) is -6.36. The molecule has 0 aliphatic carbocycles. The van der Waals surface area contributed by atoms with Gasteiger partial charge in [0.2, 0.25) is 5.91 Å². The van der Waals surface area contributed by atoms with Gasteiger partial charge in [0.15, 0.2) is 0 Å². The average molecular weight is 690 g/mol. The van der Waals surface area contributed by atoms with E-state index in [0.29, 0.717) is 0 Å². The molecule has 0 unspecified atom stereocenters. The van der Waals surface area contributed by atoms with Gasteiger partial charge in [-0.15, -0.1) is 11.3 Å². The van der Waals surface area contributed by atoms with Crippen LogP contribution >= 0.6 is 11.3 Å². The number of nitrogens with zero attached hydrogens (tertiary/aromatic N) is 6. The van der Waals surface area contributed by atoms with Crippen molar-refractivity contribution in [3.05, 3.63) is 53.9 Å². The van der Waals surface area contributed by atoms with E-state index < -0.39 is 47.4 Å². The number of rotatable bonds is 7. The predicted molar refractivity (Wildman–Crippen MR) is 170 cm³/mol. The van der Waals surface area contributed by atoms with Crippen molar-refractivity contribution in [1.29, 1.82) is 5.26 Å². The topological polar surface area (TPSA) is 112 Å². The summed E-state index contributed by atoms with van der Waals surface area (Å²) in [5.74, 6) is -1.35. The van der Waals surface area contributed by atoms with Crippen LogP contribution in [0.4, 0.5) is 37.2 Å². The maximum absolute atomic E-state index is 15.4. The van der Waals surface area contributed by atoms with Crippen LogP contribution < -0.4 is 15.4 Å². The number of halogens is 6. The molecule has 1 amide bonds. The van der Waals surface area contributed by atoms with Crippen molar-refractivity contribution in [2.24, 2.45) is 0 Å². The number of alkyl halides is 5. The molecule has 0 spiro atoms. The van der Waals surface area contributed by atoms with Crippen molar-refractivity contribution in [1.82, 2.24) is 19.8 Å². The van der Waals surface area contributed by atoms with Crippen molar-refractivity contribution in [3.63, 3.8) is 0 Å². The van der Waals surface area contributed by atoms with Gasteiger partial charge in [-0.05, 0) is 48.9 Å². The summed E-state index contributed by atoms with van der Waals surface area (Å²) in [6, 6.07) is 4.41. The third kappa shape index (κ3) is 5.85. The molecule has 48 heavy (non-hydrogen) atoms. The molecule has 4 aromatic rings. The van der Waals surface area contributed by atoms with Gasteiger partial charge in [-0.3, -0.25) is 9.69 Å². The van der Waals surface area contributed by atoms with E-state index in [0.717, 1.165) is 41.7 Å². The second-order valence-electron chi connectivity index (χ2n) is 11.9. The van der Waals surface area contributed by atoms with E-state index in [1.54, 1.807) is 11.9 Å². The van der Waals surface area contributed by atoms with Gasteiger partial charge in [-0.1, -0.05) is 12.6 Å². The summed E-state index contributed by atoms with van der Waals surface area (Å²) in [5.41, 5.74) is 4.12. The molecule has 4 heterocycles. The average Bonchev–Trinajstić information content (AvgIpc) is 3.70. The second-order valence-corrected chi connectivity index (χ2v) is 12.9. The number of likely N-dealkylation sites (tertiary alicyclic amines) is 2. The minimum absolute atomic E-state index is 0.0281. The first-order valence-corrected chi connectivity index (χ1v) is 15.6. The molecule has 2 aliphatic rings. The minimum Gasteiger partial charge on any atom is -0.462 e. The molecule has 2 aromatic heterocycles. The Hall–Kier alpha value is -4.62. The van der Waals surface area contributed by atoms with Crippen LogP contribution in [0, 0.1) is 17.1 Å². The van der Waals surface area contributed by atoms with Crippen LogP contribution in [0.25, 0.3) is 32.1 Å². The van der Waals surface area contributed by atoms with Crippen LogP contribution in [0.15, 0.2) is 36.9 Å². The fraction of sp³-hybridized carbons (Fsp3) is 0.375. The molecule has 0 saturated carbocycles. The van der Waals surface area contributed by atoms with Crippen LogP contribution in [0.2, 0.25) is 0 Å². The Morgan fingerprint density at radius 3 is 2.62 bits per heavy atom. The van der Waals surface area contributed by atoms with Gasteiger partial charge in [0.05, 0.1) is 33.9 Å². The number of carbonyl (C=O) groups excluding carboxylic acids is 1. The summed E-state index contributed by atoms with van der Waals surface area (Å²) >= 11 is 0.748. The number of carbonyl (C=O) groups is 1. The van der Waals surface area contributed by atoms with Crippen molar-refractivity contribution >= 4 is 49.1 Å². The first-order chi connectivity index (χ1) is 22.7. The molecule has 2 saturated heterocycles. The Balaban J connectivity index is 1.55. The van der Waals surface area contributed by atoms with Crippen molar-refractivity contribution in [3.8, 4) is 23.2 Å². The van der Waals surface area contributed by atoms with Gasteiger partial charge >= 0.3 is 12.2 Å². The SMILES string of the molecule is C=CC(=O)N1C[C@@H](F)[C@@H](N(C)c2nc(OC[C@@H]3C[C@@H](F)CN3C)nc3cc(-c4ccc(F)c5sc(N)c(C#N)c45)c(C(F)(F)F)cc23)C1. The molecule has 2 N–H and O–H groups in total. The number of benzene rings is 2. The number of amides is 1. The third-order valence-electron chi connectivity index (χ3n) is 8.90. The number of fused-ring (bicyclic) bond motifs is 2. The Bertz CT molecular complexity index is 1980. The van der Waals surface area contributed by atoms with Crippen LogP contribution in [0.5, 0.6) is 6.01 Å². The molecule has 16 heteroatoms. The number of likely N-dealkylation sites (N-methyl/N-ethyl adjacent to an activating group) is 2. The molecule has 2 aliphatic heterocycles. The third-order valence-corrected chi connectivity index (χ3v) is 9.93. The lowest BCUT2D eigenvalue weighted by molar-refractivity contribution is -0.137. The first kappa shape index (κ1) is 33.3.